The van der Waals surface area contributed by atoms with Crippen molar-refractivity contribution in [2.24, 2.45) is 5.73 Å². The molecular weight excluding hydrogens is 371 g/mol. The van der Waals surface area contributed by atoms with E-state index in [0.717, 1.165) is 25.7 Å². The zero-order valence-electron chi connectivity index (χ0n) is 15.3. The number of rotatable bonds is 3. The second kappa shape index (κ2) is 7.22. The van der Waals surface area contributed by atoms with Crippen molar-refractivity contribution in [1.29, 1.82) is 0 Å². The highest BCUT2D eigenvalue weighted by Crippen LogP contribution is 2.30. The molecule has 1 aliphatic carbocycles. The lowest BCUT2D eigenvalue weighted by Crippen LogP contribution is -2.43. The van der Waals surface area contributed by atoms with Crippen LogP contribution in [0.2, 0.25) is 10.0 Å². The molecule has 7 heteroatoms. The molecule has 1 aliphatic rings. The first-order chi connectivity index (χ1) is 12.2. The zero-order valence-corrected chi connectivity index (χ0v) is 16.8. The van der Waals surface area contributed by atoms with Gasteiger partial charge in [-0.15, -0.1) is 0 Å². The molecule has 2 aromatic rings. The lowest BCUT2D eigenvalue weighted by molar-refractivity contribution is 0.305. The van der Waals surface area contributed by atoms with E-state index in [-0.39, 0.29) is 17.1 Å². The predicted molar refractivity (Wildman–Crippen MR) is 108 cm³/mol. The van der Waals surface area contributed by atoms with E-state index in [2.05, 4.69) is 17.2 Å². The van der Waals surface area contributed by atoms with Crippen LogP contribution < -0.4 is 16.6 Å². The van der Waals surface area contributed by atoms with Crippen LogP contribution in [-0.4, -0.2) is 21.1 Å². The fourth-order valence-corrected chi connectivity index (χ4v) is 3.88. The summed E-state index contributed by atoms with van der Waals surface area (Å²) < 4.78 is 1.51. The number of anilines is 1. The summed E-state index contributed by atoms with van der Waals surface area (Å²) in [6.45, 7) is 5.71. The Morgan fingerprint density at radius 1 is 1.27 bits per heavy atom. The number of halogens is 2. The maximum atomic E-state index is 13.2. The molecule has 0 aliphatic heterocycles. The van der Waals surface area contributed by atoms with Gasteiger partial charge in [-0.25, -0.2) is 4.98 Å². The average Bonchev–Trinajstić information content (AvgIpc) is 2.56. The number of aromatic nitrogens is 2. The van der Waals surface area contributed by atoms with Crippen LogP contribution in [0.3, 0.4) is 0 Å². The molecule has 0 unspecified atom stereocenters. The molecule has 3 N–H and O–H groups in total. The van der Waals surface area contributed by atoms with Gasteiger partial charge in [0, 0.05) is 11.6 Å². The summed E-state index contributed by atoms with van der Waals surface area (Å²) in [7, 11) is 0. The number of nitrogens with zero attached hydrogens (tertiary/aromatic N) is 2. The topological polar surface area (TPSA) is 72.9 Å². The second-order valence-electron chi connectivity index (χ2n) is 7.41. The molecule has 1 saturated carbocycles. The molecule has 0 radical (unpaired) electrons. The van der Waals surface area contributed by atoms with Crippen molar-refractivity contribution in [3.05, 3.63) is 50.1 Å². The fourth-order valence-electron chi connectivity index (χ4n) is 3.50. The molecule has 3 rings (SSSR count). The minimum absolute atomic E-state index is 0.118. The summed E-state index contributed by atoms with van der Waals surface area (Å²) in [5.41, 5.74) is 7.66. The first-order valence-corrected chi connectivity index (χ1v) is 9.55. The van der Waals surface area contributed by atoms with Gasteiger partial charge in [-0.2, -0.15) is 0 Å². The molecule has 1 aromatic heterocycles. The van der Waals surface area contributed by atoms with Crippen molar-refractivity contribution in [2.75, 3.05) is 5.32 Å². The molecule has 0 amide bonds. The van der Waals surface area contributed by atoms with Crippen LogP contribution in [0.25, 0.3) is 5.69 Å². The normalized spacial score (nSPS) is 23.1. The summed E-state index contributed by atoms with van der Waals surface area (Å²) in [6, 6.07) is 5.45. The molecule has 1 heterocycles. The third kappa shape index (κ3) is 3.75. The van der Waals surface area contributed by atoms with E-state index in [1.54, 1.807) is 25.1 Å². The SMILES string of the molecule is Cc1nc(C)n(-c2cccc(Cl)c2Cl)c(=O)c1NC1CCC(C)(N)CC1. The fraction of sp³-hybridized carbons (Fsp3) is 0.474. The van der Waals surface area contributed by atoms with Gasteiger partial charge in [-0.3, -0.25) is 9.36 Å². The first kappa shape index (κ1) is 19.2. The van der Waals surface area contributed by atoms with Crippen LogP contribution in [0.15, 0.2) is 23.0 Å². The van der Waals surface area contributed by atoms with Gasteiger partial charge in [0.25, 0.3) is 5.56 Å². The summed E-state index contributed by atoms with van der Waals surface area (Å²) in [5, 5.41) is 4.14. The summed E-state index contributed by atoms with van der Waals surface area (Å²) >= 11 is 12.5. The van der Waals surface area contributed by atoms with Gasteiger partial charge >= 0.3 is 0 Å². The van der Waals surface area contributed by atoms with Crippen LogP contribution in [0.5, 0.6) is 0 Å². The molecule has 5 nitrogen and oxygen atoms in total. The van der Waals surface area contributed by atoms with Crippen molar-refractivity contribution in [1.82, 2.24) is 9.55 Å². The third-order valence-corrected chi connectivity index (χ3v) is 5.89. The van der Waals surface area contributed by atoms with Crippen molar-refractivity contribution in [3.63, 3.8) is 0 Å². The average molecular weight is 395 g/mol. The molecule has 0 spiro atoms. The van der Waals surface area contributed by atoms with E-state index in [0.29, 0.717) is 32.9 Å². The number of nitrogens with two attached hydrogens (primary N) is 1. The Morgan fingerprint density at radius 2 is 1.92 bits per heavy atom. The molecule has 0 bridgehead atoms. The minimum atomic E-state index is -0.166. The van der Waals surface area contributed by atoms with Crippen LogP contribution in [0.1, 0.15) is 44.1 Å². The van der Waals surface area contributed by atoms with Crippen molar-refractivity contribution in [2.45, 2.75) is 58.0 Å². The molecule has 1 fully saturated rings. The number of hydrogen-bond acceptors (Lipinski definition) is 4. The number of hydrogen-bond donors (Lipinski definition) is 2. The summed E-state index contributed by atoms with van der Waals surface area (Å²) in [4.78, 5) is 17.8. The maximum absolute atomic E-state index is 13.2. The van der Waals surface area contributed by atoms with Gasteiger partial charge in [-0.05, 0) is 58.6 Å². The van der Waals surface area contributed by atoms with Crippen LogP contribution in [-0.2, 0) is 0 Å². The Labute approximate surface area is 163 Å². The van der Waals surface area contributed by atoms with E-state index in [9.17, 15) is 4.79 Å². The Hall–Kier alpha value is -1.56. The number of nitrogens with one attached hydrogen (secondary N) is 1. The highest BCUT2D eigenvalue weighted by molar-refractivity contribution is 6.43. The van der Waals surface area contributed by atoms with Crippen molar-refractivity contribution < 1.29 is 0 Å². The molecule has 26 heavy (non-hydrogen) atoms. The first-order valence-electron chi connectivity index (χ1n) is 8.80. The van der Waals surface area contributed by atoms with E-state index in [1.165, 1.54) is 4.57 Å². The van der Waals surface area contributed by atoms with Gasteiger partial charge in [0.1, 0.15) is 11.5 Å². The quantitative estimate of drug-likeness (QED) is 0.816. The van der Waals surface area contributed by atoms with Gasteiger partial charge in [0.15, 0.2) is 0 Å². The minimum Gasteiger partial charge on any atom is -0.376 e. The second-order valence-corrected chi connectivity index (χ2v) is 8.19. The highest BCUT2D eigenvalue weighted by Gasteiger charge is 2.28. The number of benzene rings is 1. The predicted octanol–water partition coefficient (Wildman–Crippen LogP) is 4.23. The Bertz CT molecular complexity index is 882. The van der Waals surface area contributed by atoms with E-state index >= 15 is 0 Å². The van der Waals surface area contributed by atoms with Crippen LogP contribution in [0.4, 0.5) is 5.69 Å². The monoisotopic (exact) mass is 394 g/mol. The summed E-state index contributed by atoms with van der Waals surface area (Å²) in [5.74, 6) is 0.570. The van der Waals surface area contributed by atoms with Gasteiger partial charge in [-0.1, -0.05) is 29.3 Å². The Kier molecular flexibility index (Phi) is 5.33. The maximum Gasteiger partial charge on any atom is 0.281 e. The molecular formula is C19H24Cl2N4O. The highest BCUT2D eigenvalue weighted by atomic mass is 35.5. The van der Waals surface area contributed by atoms with E-state index in [4.69, 9.17) is 28.9 Å². The zero-order chi connectivity index (χ0) is 19.1. The van der Waals surface area contributed by atoms with Crippen molar-refractivity contribution >= 4 is 28.9 Å². The van der Waals surface area contributed by atoms with Crippen LogP contribution in [0, 0.1) is 13.8 Å². The standard InChI is InChI=1S/C19H24Cl2N4O/c1-11-17(24-13-7-9-19(3,22)10-8-13)18(26)25(12(2)23-11)15-6-4-5-14(20)16(15)21/h4-6,13,24H,7-10,22H2,1-3H3. The third-order valence-electron chi connectivity index (χ3n) is 5.08. The lowest BCUT2D eigenvalue weighted by atomic mass is 9.81. The Balaban J connectivity index is 2.00. The largest absolute Gasteiger partial charge is 0.376 e. The molecule has 0 saturated heterocycles. The van der Waals surface area contributed by atoms with Gasteiger partial charge < -0.3 is 11.1 Å². The van der Waals surface area contributed by atoms with Gasteiger partial charge in [0.05, 0.1) is 21.4 Å². The Morgan fingerprint density at radius 3 is 2.58 bits per heavy atom. The number of aryl methyl sites for hydroxylation is 2. The summed E-state index contributed by atoms with van der Waals surface area (Å²) in [6.07, 6.45) is 3.71. The van der Waals surface area contributed by atoms with Gasteiger partial charge in [0.2, 0.25) is 0 Å². The molecule has 1 aromatic carbocycles. The van der Waals surface area contributed by atoms with Crippen molar-refractivity contribution in [3.8, 4) is 5.69 Å². The smallest absolute Gasteiger partial charge is 0.281 e. The van der Waals surface area contributed by atoms with E-state index in [1.807, 2.05) is 6.92 Å². The van der Waals surface area contributed by atoms with E-state index < -0.39 is 0 Å². The lowest BCUT2D eigenvalue weighted by Gasteiger charge is -2.35. The molecule has 140 valence electrons. The molecule has 0 atom stereocenters. The van der Waals surface area contributed by atoms with Crippen LogP contribution >= 0.6 is 23.2 Å².